The van der Waals surface area contributed by atoms with Crippen LogP contribution in [-0.4, -0.2) is 17.3 Å². The molecule has 5 nitrogen and oxygen atoms in total. The van der Waals surface area contributed by atoms with Crippen LogP contribution in [0.1, 0.15) is 0 Å². The predicted octanol–water partition coefficient (Wildman–Crippen LogP) is 3.53. The van der Waals surface area contributed by atoms with Gasteiger partial charge >= 0.3 is 0 Å². The van der Waals surface area contributed by atoms with E-state index in [9.17, 15) is 15.0 Å². The SMILES string of the molecule is COc1ccc(-c2oc3cc(O)cc(O)c3c(=O)c2Cl)cc1. The van der Waals surface area contributed by atoms with E-state index in [4.69, 9.17) is 20.8 Å². The molecule has 0 saturated carbocycles. The summed E-state index contributed by atoms with van der Waals surface area (Å²) in [5.74, 6) is 0.216. The van der Waals surface area contributed by atoms with E-state index >= 15 is 0 Å². The van der Waals surface area contributed by atoms with Gasteiger partial charge in [-0.2, -0.15) is 0 Å². The Hall–Kier alpha value is -2.66. The minimum Gasteiger partial charge on any atom is -0.508 e. The van der Waals surface area contributed by atoms with Crippen molar-refractivity contribution in [2.24, 2.45) is 0 Å². The van der Waals surface area contributed by atoms with Gasteiger partial charge < -0.3 is 19.4 Å². The van der Waals surface area contributed by atoms with E-state index in [1.165, 1.54) is 6.07 Å². The van der Waals surface area contributed by atoms with Crippen molar-refractivity contribution in [3.05, 3.63) is 51.6 Å². The van der Waals surface area contributed by atoms with Gasteiger partial charge in [0.05, 0.1) is 7.11 Å². The lowest BCUT2D eigenvalue weighted by Crippen LogP contribution is -2.04. The molecule has 6 heteroatoms. The van der Waals surface area contributed by atoms with Crippen molar-refractivity contribution in [2.45, 2.75) is 0 Å². The van der Waals surface area contributed by atoms with Crippen LogP contribution in [-0.2, 0) is 0 Å². The van der Waals surface area contributed by atoms with Crippen molar-refractivity contribution in [2.75, 3.05) is 7.11 Å². The van der Waals surface area contributed by atoms with Gasteiger partial charge in [-0.25, -0.2) is 0 Å². The van der Waals surface area contributed by atoms with E-state index in [0.29, 0.717) is 11.3 Å². The standard InChI is InChI=1S/C16H11ClO5/c1-21-10-4-2-8(3-5-10)16-14(17)15(20)13-11(19)6-9(18)7-12(13)22-16/h2-7,18-19H,1H3. The zero-order chi connectivity index (χ0) is 15.9. The van der Waals surface area contributed by atoms with Gasteiger partial charge in [-0.15, -0.1) is 0 Å². The second-order valence-electron chi connectivity index (χ2n) is 4.64. The Labute approximate surface area is 130 Å². The van der Waals surface area contributed by atoms with E-state index in [2.05, 4.69) is 0 Å². The third-order valence-electron chi connectivity index (χ3n) is 3.26. The fourth-order valence-corrected chi connectivity index (χ4v) is 2.43. The largest absolute Gasteiger partial charge is 0.508 e. The highest BCUT2D eigenvalue weighted by Gasteiger charge is 2.17. The first-order chi connectivity index (χ1) is 10.5. The number of halogens is 1. The number of ether oxygens (including phenoxy) is 1. The van der Waals surface area contributed by atoms with E-state index in [1.54, 1.807) is 31.4 Å². The van der Waals surface area contributed by atoms with Gasteiger partial charge in [0.1, 0.15) is 33.2 Å². The minimum atomic E-state index is -0.564. The van der Waals surface area contributed by atoms with Gasteiger partial charge in [0.2, 0.25) is 5.43 Å². The van der Waals surface area contributed by atoms with Gasteiger partial charge in [-0.05, 0) is 24.3 Å². The first kappa shape index (κ1) is 14.3. The van der Waals surface area contributed by atoms with Crippen LogP contribution in [0, 0.1) is 0 Å². The molecule has 0 bridgehead atoms. The van der Waals surface area contributed by atoms with Gasteiger partial charge in [-0.3, -0.25) is 4.79 Å². The summed E-state index contributed by atoms with van der Waals surface area (Å²) in [6.45, 7) is 0. The molecule has 0 aliphatic rings. The zero-order valence-corrected chi connectivity index (χ0v) is 12.2. The van der Waals surface area contributed by atoms with Crippen molar-refractivity contribution in [1.29, 1.82) is 0 Å². The smallest absolute Gasteiger partial charge is 0.215 e. The van der Waals surface area contributed by atoms with Crippen molar-refractivity contribution < 1.29 is 19.4 Å². The average Bonchev–Trinajstić information content (AvgIpc) is 2.50. The Balaban J connectivity index is 2.30. The van der Waals surface area contributed by atoms with Crippen LogP contribution in [0.15, 0.2) is 45.6 Å². The van der Waals surface area contributed by atoms with Crippen LogP contribution in [0.2, 0.25) is 5.02 Å². The maximum absolute atomic E-state index is 12.3. The number of rotatable bonds is 2. The Morgan fingerprint density at radius 1 is 1.14 bits per heavy atom. The molecule has 112 valence electrons. The van der Waals surface area contributed by atoms with Crippen molar-refractivity contribution in [3.8, 4) is 28.6 Å². The van der Waals surface area contributed by atoms with Crippen LogP contribution in [0.5, 0.6) is 17.2 Å². The predicted molar refractivity (Wildman–Crippen MR) is 82.8 cm³/mol. The number of methoxy groups -OCH3 is 1. The number of benzene rings is 2. The second-order valence-corrected chi connectivity index (χ2v) is 5.02. The van der Waals surface area contributed by atoms with Crippen molar-refractivity contribution in [3.63, 3.8) is 0 Å². The average molecular weight is 319 g/mol. The van der Waals surface area contributed by atoms with Crippen LogP contribution < -0.4 is 10.2 Å². The Morgan fingerprint density at radius 2 is 1.82 bits per heavy atom. The molecule has 0 saturated heterocycles. The molecule has 1 aromatic heterocycles. The van der Waals surface area contributed by atoms with Crippen molar-refractivity contribution in [1.82, 2.24) is 0 Å². The van der Waals surface area contributed by atoms with Crippen LogP contribution in [0.3, 0.4) is 0 Å². The molecule has 3 aromatic rings. The number of phenolic OH excluding ortho intramolecular Hbond substituents is 2. The summed E-state index contributed by atoms with van der Waals surface area (Å²) in [6.07, 6.45) is 0. The first-order valence-corrected chi connectivity index (χ1v) is 6.71. The third-order valence-corrected chi connectivity index (χ3v) is 3.60. The summed E-state index contributed by atoms with van der Waals surface area (Å²) >= 11 is 6.08. The van der Waals surface area contributed by atoms with E-state index in [1.807, 2.05) is 0 Å². The molecule has 0 aliphatic carbocycles. The molecule has 0 unspecified atom stereocenters. The molecule has 0 atom stereocenters. The number of phenols is 2. The maximum atomic E-state index is 12.3. The third kappa shape index (κ3) is 2.25. The quantitative estimate of drug-likeness (QED) is 0.755. The summed E-state index contributed by atoms with van der Waals surface area (Å²) in [5.41, 5.74) is 0.0663. The van der Waals surface area contributed by atoms with Crippen LogP contribution >= 0.6 is 11.6 Å². The lowest BCUT2D eigenvalue weighted by Gasteiger charge is -2.08. The summed E-state index contributed by atoms with van der Waals surface area (Å²) in [7, 11) is 1.55. The number of fused-ring (bicyclic) bond motifs is 1. The molecule has 2 aromatic carbocycles. The fraction of sp³-hybridized carbons (Fsp3) is 0.0625. The number of hydrogen-bond acceptors (Lipinski definition) is 5. The molecule has 22 heavy (non-hydrogen) atoms. The maximum Gasteiger partial charge on any atom is 0.215 e. The zero-order valence-electron chi connectivity index (χ0n) is 11.5. The monoisotopic (exact) mass is 318 g/mol. The molecule has 0 spiro atoms. The minimum absolute atomic E-state index is 0.0534. The molecule has 1 heterocycles. The van der Waals surface area contributed by atoms with Gasteiger partial charge in [0.25, 0.3) is 0 Å². The molecule has 3 rings (SSSR count). The Kier molecular flexibility index (Phi) is 3.42. The van der Waals surface area contributed by atoms with E-state index in [0.717, 1.165) is 6.07 Å². The normalized spacial score (nSPS) is 10.8. The van der Waals surface area contributed by atoms with Gasteiger partial charge in [0, 0.05) is 17.7 Å². The van der Waals surface area contributed by atoms with Gasteiger partial charge in [0.15, 0.2) is 5.76 Å². The highest BCUT2D eigenvalue weighted by Crippen LogP contribution is 2.34. The lowest BCUT2D eigenvalue weighted by atomic mass is 10.1. The number of hydrogen-bond donors (Lipinski definition) is 2. The lowest BCUT2D eigenvalue weighted by molar-refractivity contribution is 0.415. The summed E-state index contributed by atoms with van der Waals surface area (Å²) < 4.78 is 10.7. The van der Waals surface area contributed by atoms with E-state index < -0.39 is 5.43 Å². The molecular formula is C16H11ClO5. The molecule has 0 fully saturated rings. The molecule has 0 amide bonds. The van der Waals surface area contributed by atoms with Gasteiger partial charge in [-0.1, -0.05) is 11.6 Å². The molecule has 0 radical (unpaired) electrons. The summed E-state index contributed by atoms with van der Waals surface area (Å²) in [4.78, 5) is 12.3. The van der Waals surface area contributed by atoms with Crippen LogP contribution in [0.4, 0.5) is 0 Å². The first-order valence-electron chi connectivity index (χ1n) is 6.34. The summed E-state index contributed by atoms with van der Waals surface area (Å²) in [6, 6.07) is 9.10. The Morgan fingerprint density at radius 3 is 2.45 bits per heavy atom. The molecule has 0 aliphatic heterocycles. The highest BCUT2D eigenvalue weighted by molar-refractivity contribution is 6.33. The molecular weight excluding hydrogens is 308 g/mol. The van der Waals surface area contributed by atoms with Crippen molar-refractivity contribution >= 4 is 22.6 Å². The topological polar surface area (TPSA) is 79.9 Å². The van der Waals surface area contributed by atoms with E-state index in [-0.39, 0.29) is 33.3 Å². The second kappa shape index (κ2) is 5.27. The highest BCUT2D eigenvalue weighted by atomic mass is 35.5. The molecule has 2 N–H and O–H groups in total. The Bertz CT molecular complexity index is 912. The summed E-state index contributed by atoms with van der Waals surface area (Å²) in [5, 5.41) is 19.1. The van der Waals surface area contributed by atoms with Crippen LogP contribution in [0.25, 0.3) is 22.3 Å². The number of aromatic hydroxyl groups is 2. The fourth-order valence-electron chi connectivity index (χ4n) is 2.19.